The molecule has 0 spiro atoms. The van der Waals surface area contributed by atoms with Gasteiger partial charge in [0.15, 0.2) is 5.60 Å². The molecular weight excluding hydrogens is 344 g/mol. The predicted octanol–water partition coefficient (Wildman–Crippen LogP) is 5.79. The van der Waals surface area contributed by atoms with E-state index in [9.17, 15) is 0 Å². The van der Waals surface area contributed by atoms with Crippen molar-refractivity contribution in [2.45, 2.75) is 32.8 Å². The summed E-state index contributed by atoms with van der Waals surface area (Å²) in [6.45, 7) is 6.24. The van der Waals surface area contributed by atoms with Gasteiger partial charge in [-0.2, -0.15) is 0 Å². The van der Waals surface area contributed by atoms with Crippen molar-refractivity contribution >= 4 is 17.3 Å². The number of hydrogen-bond acceptors (Lipinski definition) is 2. The summed E-state index contributed by atoms with van der Waals surface area (Å²) in [7, 11) is 0. The largest absolute Gasteiger partial charge is 0.384 e. The lowest BCUT2D eigenvalue weighted by Crippen LogP contribution is -2.21. The van der Waals surface area contributed by atoms with E-state index in [0.717, 1.165) is 28.2 Å². The average Bonchev–Trinajstić information content (AvgIpc) is 3.19. The number of aryl methyl sites for hydroxylation is 2. The van der Waals surface area contributed by atoms with Crippen molar-refractivity contribution in [3.63, 3.8) is 0 Å². The lowest BCUT2D eigenvalue weighted by molar-refractivity contribution is -0.00738. The molecule has 1 aliphatic rings. The minimum atomic E-state index is -0.435. The molecule has 0 radical (unpaired) electrons. The second kappa shape index (κ2) is 6.33. The van der Waals surface area contributed by atoms with E-state index in [2.05, 4.69) is 61.0 Å². The summed E-state index contributed by atoms with van der Waals surface area (Å²) in [5.74, 6) is 0. The lowest BCUT2D eigenvalue weighted by Gasteiger charge is -2.21. The third kappa shape index (κ3) is 2.93. The maximum atomic E-state index is 6.60. The molecule has 0 aliphatic carbocycles. The molecule has 4 rings (SSSR count). The van der Waals surface area contributed by atoms with Crippen LogP contribution in [0.25, 0.3) is 5.69 Å². The summed E-state index contributed by atoms with van der Waals surface area (Å²) in [6, 6.07) is 18.4. The molecular formula is C22H21ClN2O. The number of oxime groups is 1. The number of benzene rings is 2. The summed E-state index contributed by atoms with van der Waals surface area (Å²) in [6.07, 6.45) is 2.81. The van der Waals surface area contributed by atoms with Crippen LogP contribution in [0.1, 0.15) is 35.7 Å². The van der Waals surface area contributed by atoms with Crippen LogP contribution in [0, 0.1) is 13.8 Å². The predicted molar refractivity (Wildman–Crippen MR) is 106 cm³/mol. The highest BCUT2D eigenvalue weighted by molar-refractivity contribution is 6.32. The first kappa shape index (κ1) is 16.9. The van der Waals surface area contributed by atoms with Gasteiger partial charge in [0.25, 0.3) is 0 Å². The molecule has 1 aromatic heterocycles. The number of halogens is 1. The molecule has 0 fully saturated rings. The van der Waals surface area contributed by atoms with Gasteiger partial charge in [0.2, 0.25) is 0 Å². The van der Waals surface area contributed by atoms with E-state index in [1.165, 1.54) is 5.56 Å². The molecule has 0 bridgehead atoms. The van der Waals surface area contributed by atoms with Crippen molar-refractivity contribution in [1.29, 1.82) is 0 Å². The van der Waals surface area contributed by atoms with Gasteiger partial charge < -0.3 is 9.40 Å². The molecule has 4 heteroatoms. The van der Waals surface area contributed by atoms with Crippen LogP contribution < -0.4 is 0 Å². The molecule has 0 saturated heterocycles. The number of aromatic nitrogens is 1. The van der Waals surface area contributed by atoms with Crippen molar-refractivity contribution in [3.8, 4) is 5.69 Å². The molecule has 26 heavy (non-hydrogen) atoms. The van der Waals surface area contributed by atoms with E-state index in [0.29, 0.717) is 11.4 Å². The molecule has 0 N–H and O–H groups in total. The Morgan fingerprint density at radius 3 is 2.50 bits per heavy atom. The van der Waals surface area contributed by atoms with Crippen LogP contribution in [0.3, 0.4) is 0 Å². The van der Waals surface area contributed by atoms with Crippen LogP contribution >= 0.6 is 11.6 Å². The van der Waals surface area contributed by atoms with Gasteiger partial charge in [-0.1, -0.05) is 53.2 Å². The molecule has 0 saturated carbocycles. The van der Waals surface area contributed by atoms with Crippen LogP contribution in [0.4, 0.5) is 0 Å². The molecule has 0 amide bonds. The fourth-order valence-electron chi connectivity index (χ4n) is 3.52. The van der Waals surface area contributed by atoms with E-state index < -0.39 is 5.60 Å². The number of nitrogens with zero attached hydrogens (tertiary/aromatic N) is 2. The maximum absolute atomic E-state index is 6.60. The highest BCUT2D eigenvalue weighted by atomic mass is 35.5. The molecule has 132 valence electrons. The van der Waals surface area contributed by atoms with Crippen LogP contribution in [0.2, 0.25) is 5.02 Å². The summed E-state index contributed by atoms with van der Waals surface area (Å²) in [5, 5.41) is 5.06. The molecule has 3 nitrogen and oxygen atoms in total. The Hall–Kier alpha value is -2.52. The minimum Gasteiger partial charge on any atom is -0.384 e. The summed E-state index contributed by atoms with van der Waals surface area (Å²) < 4.78 is 2.11. The van der Waals surface area contributed by atoms with Gasteiger partial charge >= 0.3 is 0 Å². The first-order valence-electron chi connectivity index (χ1n) is 8.73. The van der Waals surface area contributed by atoms with Gasteiger partial charge in [0.05, 0.1) is 16.4 Å². The average molecular weight is 365 g/mol. The normalized spacial score (nSPS) is 19.3. The zero-order chi connectivity index (χ0) is 18.3. The molecule has 2 heterocycles. The molecule has 3 aromatic rings. The van der Waals surface area contributed by atoms with Crippen molar-refractivity contribution in [2.75, 3.05) is 0 Å². The van der Waals surface area contributed by atoms with Crippen molar-refractivity contribution < 1.29 is 4.84 Å². The SMILES string of the molecule is Cc1cc(C)n(-c2ccc(C3=NOC(C)(c4ccccc4)C3)cc2Cl)c1. The van der Waals surface area contributed by atoms with Crippen LogP contribution in [-0.2, 0) is 10.4 Å². The summed E-state index contributed by atoms with van der Waals surface area (Å²) in [5.41, 5.74) is 5.97. The van der Waals surface area contributed by atoms with Gasteiger partial charge in [-0.25, -0.2) is 0 Å². The fraction of sp³-hybridized carbons (Fsp3) is 0.227. The van der Waals surface area contributed by atoms with Gasteiger partial charge in [0.1, 0.15) is 0 Å². The second-order valence-corrected chi connectivity index (χ2v) is 7.51. The number of hydrogen-bond donors (Lipinski definition) is 0. The Labute approximate surface area is 158 Å². The topological polar surface area (TPSA) is 26.5 Å². The Kier molecular flexibility index (Phi) is 4.12. The highest BCUT2D eigenvalue weighted by Gasteiger charge is 2.36. The van der Waals surface area contributed by atoms with E-state index in [1.807, 2.05) is 30.3 Å². The van der Waals surface area contributed by atoms with E-state index >= 15 is 0 Å². The van der Waals surface area contributed by atoms with E-state index in [4.69, 9.17) is 16.4 Å². The second-order valence-electron chi connectivity index (χ2n) is 7.10. The summed E-state index contributed by atoms with van der Waals surface area (Å²) in [4.78, 5) is 5.81. The highest BCUT2D eigenvalue weighted by Crippen LogP contribution is 2.36. The van der Waals surface area contributed by atoms with E-state index in [1.54, 1.807) is 0 Å². The minimum absolute atomic E-state index is 0.435. The van der Waals surface area contributed by atoms with Crippen molar-refractivity contribution in [1.82, 2.24) is 4.57 Å². The van der Waals surface area contributed by atoms with E-state index in [-0.39, 0.29) is 0 Å². The number of rotatable bonds is 3. The zero-order valence-electron chi connectivity index (χ0n) is 15.2. The van der Waals surface area contributed by atoms with Crippen LogP contribution in [0.5, 0.6) is 0 Å². The summed E-state index contributed by atoms with van der Waals surface area (Å²) >= 11 is 6.60. The quantitative estimate of drug-likeness (QED) is 0.578. The fourth-order valence-corrected chi connectivity index (χ4v) is 3.79. The van der Waals surface area contributed by atoms with Gasteiger partial charge in [-0.15, -0.1) is 0 Å². The van der Waals surface area contributed by atoms with Gasteiger partial charge in [-0.3, -0.25) is 0 Å². The monoisotopic (exact) mass is 364 g/mol. The smallest absolute Gasteiger partial charge is 0.165 e. The zero-order valence-corrected chi connectivity index (χ0v) is 15.9. The Bertz CT molecular complexity index is 991. The van der Waals surface area contributed by atoms with Gasteiger partial charge in [-0.05, 0) is 50.1 Å². The lowest BCUT2D eigenvalue weighted by atomic mass is 9.89. The van der Waals surface area contributed by atoms with Gasteiger partial charge in [0, 0.05) is 23.9 Å². The van der Waals surface area contributed by atoms with Crippen molar-refractivity contribution in [2.24, 2.45) is 5.16 Å². The molecule has 1 unspecified atom stereocenters. The third-order valence-electron chi connectivity index (χ3n) is 4.94. The van der Waals surface area contributed by atoms with Crippen molar-refractivity contribution in [3.05, 3.63) is 88.2 Å². The molecule has 1 atom stereocenters. The molecule has 2 aromatic carbocycles. The Balaban J connectivity index is 1.62. The Morgan fingerprint density at radius 2 is 1.85 bits per heavy atom. The van der Waals surface area contributed by atoms with Crippen LogP contribution in [0.15, 0.2) is 65.9 Å². The first-order chi connectivity index (χ1) is 12.5. The standard InChI is InChI=1S/C22H21ClN2O/c1-15-11-16(2)25(14-15)21-10-9-17(12-19(21)23)20-13-22(3,26-24-20)18-7-5-4-6-8-18/h4-12,14H,13H2,1-3H3. The van der Waals surface area contributed by atoms with Crippen LogP contribution in [-0.4, -0.2) is 10.3 Å². The maximum Gasteiger partial charge on any atom is 0.165 e. The first-order valence-corrected chi connectivity index (χ1v) is 9.10. The molecule has 1 aliphatic heterocycles. The third-order valence-corrected chi connectivity index (χ3v) is 5.24. The Morgan fingerprint density at radius 1 is 1.08 bits per heavy atom.